The van der Waals surface area contributed by atoms with Gasteiger partial charge in [-0.3, -0.25) is 4.90 Å². The number of halogens is 1. The second-order valence-electron chi connectivity index (χ2n) is 4.56. The van der Waals surface area contributed by atoms with Gasteiger partial charge in [-0.1, -0.05) is 11.6 Å². The smallest absolute Gasteiger partial charge is 0.163 e. The van der Waals surface area contributed by atoms with E-state index in [9.17, 15) is 5.11 Å². The molecule has 2 rings (SSSR count). The Kier molecular flexibility index (Phi) is 4.32. The number of phenolic OH excluding ortho intramolecular Hbond substituents is 1. The molecular formula is C13H19ClN2O2. The van der Waals surface area contributed by atoms with Crippen LogP contribution in [0.5, 0.6) is 11.5 Å². The van der Waals surface area contributed by atoms with Crippen LogP contribution >= 0.6 is 11.6 Å². The third kappa shape index (κ3) is 2.71. The van der Waals surface area contributed by atoms with E-state index in [1.807, 2.05) is 6.92 Å². The molecule has 0 bridgehead atoms. The normalized spacial score (nSPS) is 16.8. The van der Waals surface area contributed by atoms with Crippen LogP contribution in [0, 0.1) is 6.92 Å². The van der Waals surface area contributed by atoms with Crippen LogP contribution in [0.1, 0.15) is 11.1 Å². The zero-order valence-electron chi connectivity index (χ0n) is 10.8. The third-order valence-corrected chi connectivity index (χ3v) is 3.82. The maximum absolute atomic E-state index is 10.2. The fourth-order valence-corrected chi connectivity index (χ4v) is 2.42. The van der Waals surface area contributed by atoms with E-state index >= 15 is 0 Å². The minimum absolute atomic E-state index is 0.159. The lowest BCUT2D eigenvalue weighted by Crippen LogP contribution is -2.42. The van der Waals surface area contributed by atoms with Crippen LogP contribution in [0.3, 0.4) is 0 Å². The van der Waals surface area contributed by atoms with Crippen molar-refractivity contribution in [2.24, 2.45) is 0 Å². The van der Waals surface area contributed by atoms with Crippen molar-refractivity contribution in [3.63, 3.8) is 0 Å². The summed E-state index contributed by atoms with van der Waals surface area (Å²) in [5.74, 6) is 0.647. The van der Waals surface area contributed by atoms with Gasteiger partial charge in [-0.15, -0.1) is 0 Å². The van der Waals surface area contributed by atoms with Gasteiger partial charge in [0.25, 0.3) is 0 Å². The van der Waals surface area contributed by atoms with Crippen LogP contribution in [-0.4, -0.2) is 43.3 Å². The summed E-state index contributed by atoms with van der Waals surface area (Å²) in [4.78, 5) is 2.27. The molecule has 2 N–H and O–H groups in total. The molecule has 100 valence electrons. The summed E-state index contributed by atoms with van der Waals surface area (Å²) in [6.07, 6.45) is 0. The standard InChI is InChI=1S/C13H19ClN2O2/c1-9-7-11(18-2)13(17)10(12(9)14)8-16-5-3-15-4-6-16/h7,15,17H,3-6,8H2,1-2H3. The number of nitrogens with one attached hydrogen (secondary N) is 1. The molecular weight excluding hydrogens is 252 g/mol. The van der Waals surface area contributed by atoms with E-state index in [-0.39, 0.29) is 5.75 Å². The molecule has 1 aliphatic rings. The quantitative estimate of drug-likeness (QED) is 0.879. The van der Waals surface area contributed by atoms with Crippen molar-refractivity contribution in [3.8, 4) is 11.5 Å². The largest absolute Gasteiger partial charge is 0.504 e. The fraction of sp³-hybridized carbons (Fsp3) is 0.538. The summed E-state index contributed by atoms with van der Waals surface area (Å²) in [6, 6.07) is 1.76. The first-order valence-corrected chi connectivity index (χ1v) is 6.49. The van der Waals surface area contributed by atoms with Crippen LogP contribution < -0.4 is 10.1 Å². The van der Waals surface area contributed by atoms with Crippen molar-refractivity contribution in [1.29, 1.82) is 0 Å². The zero-order chi connectivity index (χ0) is 13.1. The number of piperazine rings is 1. The molecule has 0 aromatic heterocycles. The average molecular weight is 271 g/mol. The Balaban J connectivity index is 2.27. The molecule has 1 aromatic rings. The van der Waals surface area contributed by atoms with Gasteiger partial charge in [0.15, 0.2) is 11.5 Å². The monoisotopic (exact) mass is 270 g/mol. The minimum Gasteiger partial charge on any atom is -0.504 e. The molecule has 0 amide bonds. The average Bonchev–Trinajstić information content (AvgIpc) is 2.40. The molecule has 5 heteroatoms. The predicted molar refractivity (Wildman–Crippen MR) is 72.6 cm³/mol. The van der Waals surface area contributed by atoms with Gasteiger partial charge in [-0.2, -0.15) is 0 Å². The van der Waals surface area contributed by atoms with Crippen molar-refractivity contribution >= 4 is 11.6 Å². The Labute approximate surface area is 113 Å². The summed E-state index contributed by atoms with van der Waals surface area (Å²) < 4.78 is 5.17. The Hall–Kier alpha value is -0.970. The topological polar surface area (TPSA) is 44.7 Å². The molecule has 0 atom stereocenters. The van der Waals surface area contributed by atoms with Gasteiger partial charge in [0.1, 0.15) is 0 Å². The molecule has 0 spiro atoms. The summed E-state index contributed by atoms with van der Waals surface area (Å²) in [5.41, 5.74) is 1.69. The number of aryl methyl sites for hydroxylation is 1. The first-order valence-electron chi connectivity index (χ1n) is 6.11. The van der Waals surface area contributed by atoms with E-state index in [0.29, 0.717) is 17.3 Å². The number of methoxy groups -OCH3 is 1. The molecule has 4 nitrogen and oxygen atoms in total. The Bertz CT molecular complexity index is 431. The highest BCUT2D eigenvalue weighted by molar-refractivity contribution is 6.32. The molecule has 0 aliphatic carbocycles. The Morgan fingerprint density at radius 1 is 1.44 bits per heavy atom. The van der Waals surface area contributed by atoms with E-state index < -0.39 is 0 Å². The lowest BCUT2D eigenvalue weighted by atomic mass is 10.1. The van der Waals surface area contributed by atoms with Gasteiger partial charge in [-0.25, -0.2) is 0 Å². The van der Waals surface area contributed by atoms with Crippen molar-refractivity contribution in [2.45, 2.75) is 13.5 Å². The number of nitrogens with zero attached hydrogens (tertiary/aromatic N) is 1. The number of aromatic hydroxyl groups is 1. The van der Waals surface area contributed by atoms with Crippen LogP contribution in [0.4, 0.5) is 0 Å². The second-order valence-corrected chi connectivity index (χ2v) is 4.94. The van der Waals surface area contributed by atoms with E-state index in [1.54, 1.807) is 13.2 Å². The molecule has 1 heterocycles. The lowest BCUT2D eigenvalue weighted by Gasteiger charge is -2.28. The summed E-state index contributed by atoms with van der Waals surface area (Å²) >= 11 is 6.29. The number of ether oxygens (including phenoxy) is 1. The highest BCUT2D eigenvalue weighted by Crippen LogP contribution is 2.38. The molecule has 1 aromatic carbocycles. The SMILES string of the molecule is COc1cc(C)c(Cl)c(CN2CCNCC2)c1O. The number of hydrogen-bond donors (Lipinski definition) is 2. The first-order chi connectivity index (χ1) is 8.63. The molecule has 0 saturated carbocycles. The summed E-state index contributed by atoms with van der Waals surface area (Å²) in [5, 5.41) is 14.1. The van der Waals surface area contributed by atoms with Gasteiger partial charge in [0.05, 0.1) is 12.1 Å². The van der Waals surface area contributed by atoms with E-state index in [1.165, 1.54) is 0 Å². The van der Waals surface area contributed by atoms with E-state index in [4.69, 9.17) is 16.3 Å². The first kappa shape index (κ1) is 13.5. The molecule has 18 heavy (non-hydrogen) atoms. The fourth-order valence-electron chi connectivity index (χ4n) is 2.21. The van der Waals surface area contributed by atoms with Crippen LogP contribution in [0.2, 0.25) is 5.02 Å². The molecule has 1 saturated heterocycles. The zero-order valence-corrected chi connectivity index (χ0v) is 11.5. The lowest BCUT2D eigenvalue weighted by molar-refractivity contribution is 0.229. The Morgan fingerprint density at radius 3 is 2.72 bits per heavy atom. The Morgan fingerprint density at radius 2 is 2.11 bits per heavy atom. The summed E-state index contributed by atoms with van der Waals surface area (Å²) in [6.45, 7) is 6.46. The van der Waals surface area contributed by atoms with Gasteiger partial charge in [0.2, 0.25) is 0 Å². The molecule has 1 fully saturated rings. The second kappa shape index (κ2) is 5.78. The summed E-state index contributed by atoms with van der Waals surface area (Å²) in [7, 11) is 1.55. The van der Waals surface area contributed by atoms with Crippen molar-refractivity contribution in [2.75, 3.05) is 33.3 Å². The van der Waals surface area contributed by atoms with Crippen LogP contribution in [0.25, 0.3) is 0 Å². The number of benzene rings is 1. The maximum Gasteiger partial charge on any atom is 0.163 e. The van der Waals surface area contributed by atoms with Crippen LogP contribution in [-0.2, 0) is 6.54 Å². The van der Waals surface area contributed by atoms with E-state index in [0.717, 1.165) is 37.3 Å². The van der Waals surface area contributed by atoms with Crippen molar-refractivity contribution < 1.29 is 9.84 Å². The van der Waals surface area contributed by atoms with Gasteiger partial charge in [0, 0.05) is 38.3 Å². The predicted octanol–water partition coefficient (Wildman–Crippen LogP) is 1.77. The third-order valence-electron chi connectivity index (χ3n) is 3.29. The van der Waals surface area contributed by atoms with Gasteiger partial charge >= 0.3 is 0 Å². The number of rotatable bonds is 3. The molecule has 0 unspecified atom stereocenters. The van der Waals surface area contributed by atoms with Crippen LogP contribution in [0.15, 0.2) is 6.07 Å². The molecule has 0 radical (unpaired) electrons. The number of phenols is 1. The number of hydrogen-bond acceptors (Lipinski definition) is 4. The highest BCUT2D eigenvalue weighted by atomic mass is 35.5. The van der Waals surface area contributed by atoms with Gasteiger partial charge in [-0.05, 0) is 18.6 Å². The van der Waals surface area contributed by atoms with Crippen molar-refractivity contribution in [3.05, 3.63) is 22.2 Å². The van der Waals surface area contributed by atoms with Crippen molar-refractivity contribution in [1.82, 2.24) is 10.2 Å². The molecule has 1 aliphatic heterocycles. The minimum atomic E-state index is 0.159. The maximum atomic E-state index is 10.2. The highest BCUT2D eigenvalue weighted by Gasteiger charge is 2.19. The van der Waals surface area contributed by atoms with E-state index in [2.05, 4.69) is 10.2 Å². The van der Waals surface area contributed by atoms with Gasteiger partial charge < -0.3 is 15.2 Å².